The molecule has 0 fully saturated rings. The van der Waals surface area contributed by atoms with Crippen molar-refractivity contribution in [1.29, 1.82) is 0 Å². The number of halogens is 1. The third-order valence-corrected chi connectivity index (χ3v) is 0. The second kappa shape index (κ2) is 12.7. The molecule has 0 bridgehead atoms. The Morgan fingerprint density at radius 3 is 1.11 bits per heavy atom. The van der Waals surface area contributed by atoms with Crippen molar-refractivity contribution in [3.8, 4) is 0 Å². The quantitative estimate of drug-likeness (QED) is 0.379. The largest absolute Gasteiger partial charge is 0 e. The third kappa shape index (κ3) is 160. The first-order valence-electron chi connectivity index (χ1n) is 0.868. The summed E-state index contributed by atoms with van der Waals surface area (Å²) in [7, 11) is -4.67. The fourth-order valence-corrected chi connectivity index (χ4v) is 0. The maximum absolute atomic E-state index is 8.74. The molecule has 0 saturated heterocycles. The van der Waals surface area contributed by atoms with Crippen molar-refractivity contribution >= 4 is 51.8 Å². The zero-order valence-electron chi connectivity index (χ0n) is 3.44. The van der Waals surface area contributed by atoms with E-state index < -0.39 is 10.4 Å². The summed E-state index contributed by atoms with van der Waals surface area (Å²) in [6.07, 6.45) is 0. The summed E-state index contributed by atoms with van der Waals surface area (Å²) in [6.45, 7) is 0. The first kappa shape index (κ1) is 22.4. The molecule has 0 aliphatic heterocycles. The van der Waals surface area contributed by atoms with Crippen molar-refractivity contribution < 1.29 is 48.4 Å². The van der Waals surface area contributed by atoms with Crippen LogP contribution in [0.25, 0.3) is 0 Å². The molecule has 0 aromatic carbocycles. The Morgan fingerprint density at radius 1 is 1.11 bits per heavy atom. The molecule has 0 rings (SSSR count). The Balaban J connectivity index is -0.0000000286. The van der Waals surface area contributed by atoms with Crippen LogP contribution in [0.1, 0.15) is 0 Å². The van der Waals surface area contributed by atoms with Gasteiger partial charge in [0.2, 0.25) is 0 Å². The van der Waals surface area contributed by atoms with Crippen molar-refractivity contribution in [2.24, 2.45) is 0 Å². The van der Waals surface area contributed by atoms with Crippen LogP contribution in [0.4, 0.5) is 0 Å². The van der Waals surface area contributed by atoms with E-state index in [4.69, 9.17) is 22.2 Å². The monoisotopic (exact) mass is 264 g/mol. The minimum absolute atomic E-state index is 0. The Bertz CT molecular complexity index is 100. The van der Waals surface area contributed by atoms with Crippen LogP contribution in [0.2, 0.25) is 0 Å². The standard InChI is InChI=1S/ClHO.Na.H2O4S.Zr.H/c1-2;;1-5(2,3)4;;/h2H;;(H2,1,2,3,4);;. The summed E-state index contributed by atoms with van der Waals surface area (Å²) in [6, 6.07) is 0. The van der Waals surface area contributed by atoms with Gasteiger partial charge in [0.25, 0.3) is 0 Å². The molecule has 0 aliphatic rings. The summed E-state index contributed by atoms with van der Waals surface area (Å²) in [5, 5.41) is 0. The van der Waals surface area contributed by atoms with Crippen LogP contribution in [0.15, 0.2) is 0 Å². The molecule has 0 spiro atoms. The second-order valence-corrected chi connectivity index (χ2v) is 1.34. The summed E-state index contributed by atoms with van der Waals surface area (Å²) in [5.41, 5.74) is 0. The fraction of sp³-hybridized carbons (Fsp3) is 0. The van der Waals surface area contributed by atoms with E-state index >= 15 is 0 Å². The molecule has 0 saturated carbocycles. The van der Waals surface area contributed by atoms with Crippen LogP contribution in [0.3, 0.4) is 0 Å². The first-order chi connectivity index (χ1) is 3.00. The van der Waals surface area contributed by atoms with E-state index in [9.17, 15) is 0 Å². The van der Waals surface area contributed by atoms with E-state index in [0.717, 1.165) is 0 Å². The van der Waals surface area contributed by atoms with Gasteiger partial charge >= 0.3 is 40.0 Å². The average molecular weight is 266 g/mol. The molecule has 0 aliphatic carbocycles. The normalized spacial score (nSPS) is 7.11. The molecule has 0 radical (unpaired) electrons. The van der Waals surface area contributed by atoms with Crippen LogP contribution < -0.4 is 0 Å². The summed E-state index contributed by atoms with van der Waals surface area (Å²) >= 11 is 3.64. The number of rotatable bonds is 0. The number of hydrogen-bond acceptors (Lipinski definition) is 3. The maximum atomic E-state index is 8.74. The molecule has 3 N–H and O–H groups in total. The van der Waals surface area contributed by atoms with E-state index in [0.29, 0.717) is 0 Å². The van der Waals surface area contributed by atoms with Gasteiger partial charge in [0.05, 0.1) is 11.9 Å². The van der Waals surface area contributed by atoms with Crippen LogP contribution in [0.5, 0.6) is 0 Å². The predicted molar refractivity (Wildman–Crippen MR) is 29.4 cm³/mol. The number of hydrogen-bond donors (Lipinski definition) is 3. The summed E-state index contributed by atoms with van der Waals surface area (Å²) in [4.78, 5) is 0. The van der Waals surface area contributed by atoms with Gasteiger partial charge in [-0.1, -0.05) is 0 Å². The predicted octanol–water partition coefficient (Wildman–Crippen LogP) is -1.17. The minimum atomic E-state index is -4.67. The first-order valence-corrected chi connectivity index (χ1v) is 2.60. The van der Waals surface area contributed by atoms with Gasteiger partial charge in [-0.3, -0.25) is 13.8 Å². The minimum Gasteiger partial charge on any atom is 0 e. The topological polar surface area (TPSA) is 94.8 Å². The molecule has 0 unspecified atom stereocenters. The zero-order chi connectivity index (χ0) is 6.50. The zero-order valence-corrected chi connectivity index (χ0v) is 7.47. The third-order valence-electron chi connectivity index (χ3n) is 0. The molecule has 0 heterocycles. The SMILES string of the molecule is O=S(=O)(O)O.OCl.[NaH].[Zr]. The van der Waals surface area contributed by atoms with Crippen LogP contribution >= 0.6 is 11.9 Å². The van der Waals surface area contributed by atoms with Crippen molar-refractivity contribution in [2.75, 3.05) is 0 Å². The molecular formula is H4ClNaO5SZr. The Hall–Kier alpha value is 2.00. The van der Waals surface area contributed by atoms with Crippen molar-refractivity contribution in [1.82, 2.24) is 0 Å². The van der Waals surface area contributed by atoms with Gasteiger partial charge in [-0.2, -0.15) is 8.42 Å². The summed E-state index contributed by atoms with van der Waals surface area (Å²) in [5.74, 6) is 0. The van der Waals surface area contributed by atoms with Gasteiger partial charge in [-0.25, -0.2) is 0 Å². The van der Waals surface area contributed by atoms with Crippen molar-refractivity contribution in [2.45, 2.75) is 0 Å². The maximum Gasteiger partial charge on any atom is 0 e. The second-order valence-electron chi connectivity index (χ2n) is 0.448. The van der Waals surface area contributed by atoms with E-state index in [1.165, 1.54) is 0 Å². The van der Waals surface area contributed by atoms with E-state index in [1.54, 1.807) is 0 Å². The molecule has 0 aromatic rings. The Kier molecular flexibility index (Phi) is 31.6. The average Bonchev–Trinajstić information content (AvgIpc) is 1.36. The molecule has 52 valence electrons. The van der Waals surface area contributed by atoms with Crippen molar-refractivity contribution in [3.63, 3.8) is 0 Å². The Morgan fingerprint density at radius 2 is 1.11 bits per heavy atom. The van der Waals surface area contributed by atoms with Gasteiger partial charge < -0.3 is 0 Å². The summed E-state index contributed by atoms with van der Waals surface area (Å²) < 4.78 is 38.1. The van der Waals surface area contributed by atoms with Crippen LogP contribution in [-0.2, 0) is 36.6 Å². The van der Waals surface area contributed by atoms with Crippen LogP contribution in [-0.4, -0.2) is 51.7 Å². The van der Waals surface area contributed by atoms with Gasteiger partial charge in [-0.15, -0.1) is 0 Å². The fourth-order valence-electron chi connectivity index (χ4n) is 0. The smallest absolute Gasteiger partial charge is 0 e. The van der Waals surface area contributed by atoms with Gasteiger partial charge in [-0.05, 0) is 0 Å². The molecule has 0 amide bonds. The molecular weight excluding hydrogens is 262 g/mol. The van der Waals surface area contributed by atoms with E-state index in [-0.39, 0.29) is 55.8 Å². The molecule has 9 heteroatoms. The molecule has 9 heavy (non-hydrogen) atoms. The Labute approximate surface area is 98.9 Å². The van der Waals surface area contributed by atoms with Crippen LogP contribution in [0, 0.1) is 0 Å². The van der Waals surface area contributed by atoms with E-state index in [2.05, 4.69) is 11.9 Å². The van der Waals surface area contributed by atoms with Crippen molar-refractivity contribution in [3.05, 3.63) is 0 Å². The molecule has 0 aromatic heterocycles. The van der Waals surface area contributed by atoms with Gasteiger partial charge in [0.15, 0.2) is 0 Å². The molecule has 0 atom stereocenters. The van der Waals surface area contributed by atoms with Gasteiger partial charge in [0, 0.05) is 26.2 Å². The molecule has 5 nitrogen and oxygen atoms in total. The van der Waals surface area contributed by atoms with Gasteiger partial charge in [0.1, 0.15) is 0 Å². The van der Waals surface area contributed by atoms with E-state index in [1.807, 2.05) is 0 Å².